The summed E-state index contributed by atoms with van der Waals surface area (Å²) in [6.07, 6.45) is 2.28. The number of thiocarbonyl (C=S) groups is 1. The van der Waals surface area contributed by atoms with Crippen LogP contribution in [0.1, 0.15) is 25.3 Å². The third-order valence-electron chi connectivity index (χ3n) is 3.18. The number of anilines is 1. The lowest BCUT2D eigenvalue weighted by molar-refractivity contribution is 0.760. The monoisotopic (exact) mass is 273 g/mol. The maximum atomic E-state index is 5.84. The van der Waals surface area contributed by atoms with Gasteiger partial charge in [0.15, 0.2) is 0 Å². The molecule has 0 bridgehead atoms. The van der Waals surface area contributed by atoms with Crippen LogP contribution in [-0.4, -0.2) is 23.6 Å². The molecule has 0 radical (unpaired) electrons. The summed E-state index contributed by atoms with van der Waals surface area (Å²) in [5, 5.41) is 1.07. The number of nitrogens with two attached hydrogens (primary N) is 1. The molecular weight excluding hydrogens is 254 g/mol. The number of para-hydroxylation sites is 1. The molecule has 1 aromatic heterocycles. The van der Waals surface area contributed by atoms with Crippen molar-refractivity contribution in [2.75, 3.05) is 18.5 Å². The Bertz CT molecular complexity index is 595. The normalized spacial score (nSPS) is 10.6. The van der Waals surface area contributed by atoms with Gasteiger partial charge in [0.1, 0.15) is 10.8 Å². The minimum atomic E-state index is 0.400. The number of pyridine rings is 1. The summed E-state index contributed by atoms with van der Waals surface area (Å²) in [7, 11) is 2.04. The largest absolute Gasteiger partial charge is 0.389 e. The fourth-order valence-corrected chi connectivity index (χ4v) is 2.23. The maximum Gasteiger partial charge on any atom is 0.139 e. The summed E-state index contributed by atoms with van der Waals surface area (Å²) in [6.45, 7) is 3.13. The number of hydrogen-bond donors (Lipinski definition) is 1. The maximum absolute atomic E-state index is 5.84. The first-order valence-electron chi connectivity index (χ1n) is 6.54. The number of rotatable bonds is 5. The SMILES string of the molecule is CCCCN(C)c1nc2ccccc2cc1C(N)=S. The smallest absolute Gasteiger partial charge is 0.139 e. The van der Waals surface area contributed by atoms with Crippen molar-refractivity contribution >= 4 is 33.9 Å². The van der Waals surface area contributed by atoms with Gasteiger partial charge in [0, 0.05) is 19.0 Å². The second kappa shape index (κ2) is 5.97. The van der Waals surface area contributed by atoms with E-state index in [2.05, 4.69) is 11.8 Å². The number of nitrogens with zero attached hydrogens (tertiary/aromatic N) is 2. The summed E-state index contributed by atoms with van der Waals surface area (Å²) < 4.78 is 0. The van der Waals surface area contributed by atoms with E-state index in [-0.39, 0.29) is 0 Å². The number of hydrogen-bond acceptors (Lipinski definition) is 3. The molecule has 2 rings (SSSR count). The van der Waals surface area contributed by atoms with Crippen LogP contribution in [0.15, 0.2) is 30.3 Å². The van der Waals surface area contributed by atoms with Gasteiger partial charge in [-0.3, -0.25) is 0 Å². The predicted molar refractivity (Wildman–Crippen MR) is 85.8 cm³/mol. The fraction of sp³-hybridized carbons (Fsp3) is 0.333. The zero-order chi connectivity index (χ0) is 13.8. The van der Waals surface area contributed by atoms with Crippen molar-refractivity contribution in [1.82, 2.24) is 4.98 Å². The molecule has 4 heteroatoms. The van der Waals surface area contributed by atoms with Gasteiger partial charge in [0.2, 0.25) is 0 Å². The summed E-state index contributed by atoms with van der Waals surface area (Å²) in [5.41, 5.74) is 7.66. The van der Waals surface area contributed by atoms with E-state index < -0.39 is 0 Å². The molecule has 1 aromatic carbocycles. The number of unbranched alkanes of at least 4 members (excludes halogenated alkanes) is 1. The molecule has 0 aliphatic carbocycles. The Morgan fingerprint density at radius 3 is 2.79 bits per heavy atom. The van der Waals surface area contributed by atoms with Gasteiger partial charge in [0.05, 0.1) is 11.1 Å². The van der Waals surface area contributed by atoms with Gasteiger partial charge in [-0.05, 0) is 18.6 Å². The second-order valence-electron chi connectivity index (χ2n) is 4.69. The van der Waals surface area contributed by atoms with Crippen LogP contribution in [-0.2, 0) is 0 Å². The van der Waals surface area contributed by atoms with Crippen LogP contribution in [0.25, 0.3) is 10.9 Å². The third kappa shape index (κ3) is 3.01. The summed E-state index contributed by atoms with van der Waals surface area (Å²) in [4.78, 5) is 7.24. The minimum absolute atomic E-state index is 0.400. The van der Waals surface area contributed by atoms with Crippen molar-refractivity contribution in [3.8, 4) is 0 Å². The van der Waals surface area contributed by atoms with E-state index in [4.69, 9.17) is 22.9 Å². The molecule has 2 N–H and O–H groups in total. The van der Waals surface area contributed by atoms with Crippen molar-refractivity contribution in [3.63, 3.8) is 0 Å². The zero-order valence-corrected chi connectivity index (χ0v) is 12.2. The van der Waals surface area contributed by atoms with Crippen LogP contribution in [0, 0.1) is 0 Å². The highest BCUT2D eigenvalue weighted by Crippen LogP contribution is 2.23. The molecule has 0 saturated carbocycles. The highest BCUT2D eigenvalue weighted by Gasteiger charge is 2.12. The van der Waals surface area contributed by atoms with Crippen LogP contribution >= 0.6 is 12.2 Å². The van der Waals surface area contributed by atoms with Crippen molar-refractivity contribution < 1.29 is 0 Å². The Hall–Kier alpha value is -1.68. The van der Waals surface area contributed by atoms with E-state index in [1.807, 2.05) is 37.4 Å². The molecule has 0 spiro atoms. The molecule has 0 amide bonds. The average Bonchev–Trinajstić information content (AvgIpc) is 2.43. The first-order chi connectivity index (χ1) is 9.13. The van der Waals surface area contributed by atoms with E-state index in [1.54, 1.807) is 0 Å². The van der Waals surface area contributed by atoms with Crippen LogP contribution in [0.2, 0.25) is 0 Å². The molecule has 0 unspecified atom stereocenters. The number of aromatic nitrogens is 1. The summed E-state index contributed by atoms with van der Waals surface area (Å²) >= 11 is 5.16. The van der Waals surface area contributed by atoms with Crippen molar-refractivity contribution in [3.05, 3.63) is 35.9 Å². The molecule has 0 aliphatic heterocycles. The molecule has 1 heterocycles. The van der Waals surface area contributed by atoms with Crippen LogP contribution in [0.5, 0.6) is 0 Å². The quantitative estimate of drug-likeness (QED) is 0.850. The molecule has 0 saturated heterocycles. The van der Waals surface area contributed by atoms with Crippen LogP contribution in [0.4, 0.5) is 5.82 Å². The molecule has 3 nitrogen and oxygen atoms in total. The topological polar surface area (TPSA) is 42.2 Å². The highest BCUT2D eigenvalue weighted by atomic mass is 32.1. The second-order valence-corrected chi connectivity index (χ2v) is 5.13. The van der Waals surface area contributed by atoms with Gasteiger partial charge in [-0.1, -0.05) is 43.8 Å². The molecule has 2 aromatic rings. The Kier molecular flexibility index (Phi) is 4.32. The van der Waals surface area contributed by atoms with Crippen LogP contribution < -0.4 is 10.6 Å². The third-order valence-corrected chi connectivity index (χ3v) is 3.40. The molecule has 0 fully saturated rings. The Labute approximate surface area is 119 Å². The van der Waals surface area contributed by atoms with Gasteiger partial charge in [-0.2, -0.15) is 0 Å². The van der Waals surface area contributed by atoms with Gasteiger partial charge in [0.25, 0.3) is 0 Å². The Morgan fingerprint density at radius 2 is 2.11 bits per heavy atom. The molecule has 100 valence electrons. The van der Waals surface area contributed by atoms with Crippen LogP contribution in [0.3, 0.4) is 0 Å². The Morgan fingerprint density at radius 1 is 1.37 bits per heavy atom. The molecular formula is C15H19N3S. The summed E-state index contributed by atoms with van der Waals surface area (Å²) in [6, 6.07) is 10.1. The lowest BCUT2D eigenvalue weighted by Gasteiger charge is -2.21. The molecule has 19 heavy (non-hydrogen) atoms. The van der Waals surface area contributed by atoms with Gasteiger partial charge in [-0.15, -0.1) is 0 Å². The fourth-order valence-electron chi connectivity index (χ4n) is 2.08. The molecule has 0 atom stereocenters. The molecule has 0 aliphatic rings. The van der Waals surface area contributed by atoms with E-state index in [0.29, 0.717) is 4.99 Å². The van der Waals surface area contributed by atoms with E-state index >= 15 is 0 Å². The van der Waals surface area contributed by atoms with E-state index in [9.17, 15) is 0 Å². The predicted octanol–water partition coefficient (Wildman–Crippen LogP) is 3.11. The minimum Gasteiger partial charge on any atom is -0.389 e. The Balaban J connectivity index is 2.50. The van der Waals surface area contributed by atoms with Crippen molar-refractivity contribution in [1.29, 1.82) is 0 Å². The lowest BCUT2D eigenvalue weighted by Crippen LogP contribution is -2.24. The zero-order valence-electron chi connectivity index (χ0n) is 11.4. The first-order valence-corrected chi connectivity index (χ1v) is 6.95. The average molecular weight is 273 g/mol. The standard InChI is InChI=1S/C15H19N3S/c1-3-4-9-18(2)15-12(14(16)19)10-11-7-5-6-8-13(11)17-15/h5-8,10H,3-4,9H2,1-2H3,(H2,16,19). The van der Waals surface area contributed by atoms with Gasteiger partial charge >= 0.3 is 0 Å². The number of fused-ring (bicyclic) bond motifs is 1. The first kappa shape index (κ1) is 13.7. The number of benzene rings is 1. The van der Waals surface area contributed by atoms with E-state index in [1.165, 1.54) is 0 Å². The summed E-state index contributed by atoms with van der Waals surface area (Å²) in [5.74, 6) is 0.875. The highest BCUT2D eigenvalue weighted by molar-refractivity contribution is 7.80. The van der Waals surface area contributed by atoms with Crippen molar-refractivity contribution in [2.24, 2.45) is 5.73 Å². The lowest BCUT2D eigenvalue weighted by atomic mass is 10.1. The van der Waals surface area contributed by atoms with Crippen molar-refractivity contribution in [2.45, 2.75) is 19.8 Å². The van der Waals surface area contributed by atoms with Gasteiger partial charge < -0.3 is 10.6 Å². The van der Waals surface area contributed by atoms with E-state index in [0.717, 1.165) is 41.7 Å². The van der Waals surface area contributed by atoms with Gasteiger partial charge in [-0.25, -0.2) is 4.98 Å².